The molecule has 1 fully saturated rings. The number of hydrogen-bond donors (Lipinski definition) is 1. The first-order chi connectivity index (χ1) is 18.2. The summed E-state index contributed by atoms with van der Waals surface area (Å²) in [5.74, 6) is -1.88. The van der Waals surface area contributed by atoms with Crippen molar-refractivity contribution in [3.05, 3.63) is 58.9 Å². The lowest BCUT2D eigenvalue weighted by molar-refractivity contribution is -0.187. The van der Waals surface area contributed by atoms with E-state index in [2.05, 4.69) is 5.32 Å². The van der Waals surface area contributed by atoms with Crippen LogP contribution in [0.1, 0.15) is 25.3 Å². The SMILES string of the molecule is C[C@H](N(Cc1ccc(F)cc1)C(=O)CN1C[C@]2(CCC3=C2C=CC(NC(=O)N(C)C)C3=O)OC1=O)C(F)(F)F. The Morgan fingerprint density at radius 2 is 1.87 bits per heavy atom. The predicted octanol–water partition coefficient (Wildman–Crippen LogP) is 3.17. The van der Waals surface area contributed by atoms with Crippen molar-refractivity contribution < 1.29 is 41.5 Å². The van der Waals surface area contributed by atoms with Crippen LogP contribution in [0.15, 0.2) is 47.6 Å². The lowest BCUT2D eigenvalue weighted by atomic mass is 9.89. The molecule has 3 atom stereocenters. The second-order valence-electron chi connectivity index (χ2n) is 10.0. The number of nitrogens with one attached hydrogen (secondary N) is 1. The highest BCUT2D eigenvalue weighted by molar-refractivity contribution is 6.05. The van der Waals surface area contributed by atoms with Crippen LogP contribution in [0, 0.1) is 5.82 Å². The van der Waals surface area contributed by atoms with Crippen molar-refractivity contribution in [1.82, 2.24) is 20.0 Å². The lowest BCUT2D eigenvalue weighted by Gasteiger charge is -2.32. The number of alkyl halides is 3. The summed E-state index contributed by atoms with van der Waals surface area (Å²) in [7, 11) is 3.07. The highest BCUT2D eigenvalue weighted by atomic mass is 19.4. The molecule has 1 aliphatic heterocycles. The third kappa shape index (κ3) is 5.62. The predicted molar refractivity (Wildman–Crippen MR) is 130 cm³/mol. The molecule has 0 aromatic heterocycles. The number of hydrogen-bond acceptors (Lipinski definition) is 5. The number of halogens is 4. The molecule has 2 aliphatic carbocycles. The highest BCUT2D eigenvalue weighted by Gasteiger charge is 2.54. The normalized spacial score (nSPS) is 23.2. The van der Waals surface area contributed by atoms with Gasteiger partial charge in [0.2, 0.25) is 5.91 Å². The van der Waals surface area contributed by atoms with Crippen molar-refractivity contribution in [3.63, 3.8) is 0 Å². The van der Waals surface area contributed by atoms with E-state index in [-0.39, 0.29) is 30.7 Å². The fraction of sp³-hybridized carbons (Fsp3) is 0.462. The number of ether oxygens (including phenoxy) is 1. The number of amides is 4. The van der Waals surface area contributed by atoms with Crippen LogP contribution in [0.25, 0.3) is 0 Å². The number of carbonyl (C=O) groups excluding carboxylic acids is 4. The van der Waals surface area contributed by atoms with Gasteiger partial charge in [0.1, 0.15) is 24.4 Å². The van der Waals surface area contributed by atoms with Gasteiger partial charge in [-0.05, 0) is 37.5 Å². The molecule has 4 amide bonds. The molecule has 3 aliphatic rings. The van der Waals surface area contributed by atoms with Gasteiger partial charge in [-0.2, -0.15) is 13.2 Å². The number of benzene rings is 1. The smallest absolute Gasteiger partial charge is 0.411 e. The average Bonchev–Trinajstić information content (AvgIpc) is 3.38. The van der Waals surface area contributed by atoms with Crippen molar-refractivity contribution in [2.24, 2.45) is 0 Å². The molecule has 0 radical (unpaired) electrons. The minimum Gasteiger partial charge on any atom is -0.436 e. The van der Waals surface area contributed by atoms with Gasteiger partial charge in [0, 0.05) is 31.8 Å². The second-order valence-corrected chi connectivity index (χ2v) is 10.0. The summed E-state index contributed by atoms with van der Waals surface area (Å²) in [5.41, 5.74) is -0.0925. The number of Topliss-reactive ketones (excluding diaryl/α,β-unsaturated/α-hetero) is 1. The summed E-state index contributed by atoms with van der Waals surface area (Å²) in [5, 5.41) is 2.60. The zero-order chi connectivity index (χ0) is 28.7. The van der Waals surface area contributed by atoms with Gasteiger partial charge in [-0.3, -0.25) is 14.5 Å². The first-order valence-electron chi connectivity index (χ1n) is 12.2. The Morgan fingerprint density at radius 3 is 2.49 bits per heavy atom. The van der Waals surface area contributed by atoms with E-state index in [9.17, 15) is 36.7 Å². The van der Waals surface area contributed by atoms with Gasteiger partial charge in [0.25, 0.3) is 0 Å². The van der Waals surface area contributed by atoms with Crippen LogP contribution in [0.2, 0.25) is 0 Å². The molecule has 1 aromatic rings. The zero-order valence-corrected chi connectivity index (χ0v) is 21.5. The molecular weight excluding hydrogens is 524 g/mol. The summed E-state index contributed by atoms with van der Waals surface area (Å²) in [4.78, 5) is 53.8. The van der Waals surface area contributed by atoms with E-state index in [0.717, 1.165) is 24.0 Å². The molecular formula is C26H28F4N4O5. The molecule has 39 heavy (non-hydrogen) atoms. The third-order valence-corrected chi connectivity index (χ3v) is 7.16. The van der Waals surface area contributed by atoms with Crippen LogP contribution in [-0.2, 0) is 20.9 Å². The summed E-state index contributed by atoms with van der Waals surface area (Å²) in [6.45, 7) is -0.416. The van der Waals surface area contributed by atoms with Gasteiger partial charge in [-0.1, -0.05) is 24.3 Å². The molecule has 0 saturated carbocycles. The Labute approximate surface area is 222 Å². The first-order valence-corrected chi connectivity index (χ1v) is 12.2. The third-order valence-electron chi connectivity index (χ3n) is 7.16. The second kappa shape index (κ2) is 10.3. The van der Waals surface area contributed by atoms with E-state index in [0.29, 0.717) is 16.0 Å². The van der Waals surface area contributed by atoms with E-state index in [1.165, 1.54) is 37.2 Å². The van der Waals surface area contributed by atoms with Crippen molar-refractivity contribution in [3.8, 4) is 0 Å². The Balaban J connectivity index is 1.50. The molecule has 210 valence electrons. The Hall–Kier alpha value is -3.90. The fourth-order valence-corrected chi connectivity index (χ4v) is 4.91. The van der Waals surface area contributed by atoms with Crippen LogP contribution in [0.3, 0.4) is 0 Å². The van der Waals surface area contributed by atoms with E-state index in [1.54, 1.807) is 6.08 Å². The molecule has 1 N–H and O–H groups in total. The minimum atomic E-state index is -4.74. The minimum absolute atomic E-state index is 0.131. The number of nitrogens with zero attached hydrogens (tertiary/aromatic N) is 3. The fourth-order valence-electron chi connectivity index (χ4n) is 4.91. The van der Waals surface area contributed by atoms with Crippen molar-refractivity contribution >= 4 is 23.8 Å². The van der Waals surface area contributed by atoms with Crippen molar-refractivity contribution in [2.45, 2.75) is 50.2 Å². The standard InChI is InChI=1S/C26H28F4N4O5/c1-15(26(28,29)30)34(12-16-4-6-17(27)7-5-16)21(35)13-33-14-25(39-24(33)38)11-10-18-19(25)8-9-20(22(18)36)31-23(37)32(2)3/h4-9,15,20H,10-14H2,1-3H3,(H,31,37)/t15-,20?,25-/m0/s1. The molecule has 1 aromatic carbocycles. The van der Waals surface area contributed by atoms with E-state index >= 15 is 0 Å². The average molecular weight is 553 g/mol. The maximum absolute atomic E-state index is 13.6. The summed E-state index contributed by atoms with van der Waals surface area (Å²) >= 11 is 0. The number of carbonyl (C=O) groups is 4. The van der Waals surface area contributed by atoms with Gasteiger partial charge < -0.3 is 19.9 Å². The van der Waals surface area contributed by atoms with Gasteiger partial charge in [-0.15, -0.1) is 0 Å². The maximum Gasteiger partial charge on any atom is 0.411 e. The van der Waals surface area contributed by atoms with Crippen molar-refractivity contribution in [2.75, 3.05) is 27.2 Å². The number of ketones is 1. The molecule has 1 saturated heterocycles. The molecule has 9 nitrogen and oxygen atoms in total. The molecule has 0 bridgehead atoms. The van der Waals surface area contributed by atoms with Crippen LogP contribution in [0.5, 0.6) is 0 Å². The number of fused-ring (bicyclic) bond motifs is 1. The summed E-state index contributed by atoms with van der Waals surface area (Å²) < 4.78 is 59.7. The van der Waals surface area contributed by atoms with E-state index in [4.69, 9.17) is 4.74 Å². The quantitative estimate of drug-likeness (QED) is 0.547. The Bertz CT molecular complexity index is 1240. The zero-order valence-electron chi connectivity index (χ0n) is 21.5. The van der Waals surface area contributed by atoms with Crippen LogP contribution in [-0.4, -0.2) is 89.6 Å². The maximum atomic E-state index is 13.6. The van der Waals surface area contributed by atoms with E-state index in [1.807, 2.05) is 0 Å². The first kappa shape index (κ1) is 28.1. The van der Waals surface area contributed by atoms with Gasteiger partial charge >= 0.3 is 18.3 Å². The summed E-state index contributed by atoms with van der Waals surface area (Å²) in [6.07, 6.45) is -2.01. The van der Waals surface area contributed by atoms with Crippen molar-refractivity contribution in [1.29, 1.82) is 0 Å². The summed E-state index contributed by atoms with van der Waals surface area (Å²) in [6, 6.07) is 1.22. The number of urea groups is 1. The highest BCUT2D eigenvalue weighted by Crippen LogP contribution is 2.45. The van der Waals surface area contributed by atoms with Crippen LogP contribution >= 0.6 is 0 Å². The van der Waals surface area contributed by atoms with Crippen LogP contribution in [0.4, 0.5) is 27.2 Å². The van der Waals surface area contributed by atoms with Gasteiger partial charge in [0.05, 0.1) is 6.54 Å². The Kier molecular flexibility index (Phi) is 7.46. The molecule has 4 rings (SSSR count). The molecule has 1 spiro atoms. The molecule has 13 heteroatoms. The largest absolute Gasteiger partial charge is 0.436 e. The van der Waals surface area contributed by atoms with Gasteiger partial charge in [-0.25, -0.2) is 14.0 Å². The lowest BCUT2D eigenvalue weighted by Crippen LogP contribution is -2.50. The molecule has 1 unspecified atom stereocenters. The van der Waals surface area contributed by atoms with Gasteiger partial charge in [0.15, 0.2) is 11.4 Å². The monoisotopic (exact) mass is 552 g/mol. The van der Waals surface area contributed by atoms with E-state index < -0.39 is 60.8 Å². The molecule has 1 heterocycles. The van der Waals surface area contributed by atoms with Crippen LogP contribution < -0.4 is 5.32 Å². The topological polar surface area (TPSA) is 99.3 Å². The Morgan fingerprint density at radius 1 is 1.21 bits per heavy atom. The number of rotatable bonds is 6.